The van der Waals surface area contributed by atoms with Crippen LogP contribution >= 0.6 is 15.9 Å². The molecule has 0 saturated heterocycles. The number of halogens is 1. The number of benzene rings is 1. The first kappa shape index (κ1) is 23.3. The van der Waals surface area contributed by atoms with Gasteiger partial charge in [-0.05, 0) is 44.4 Å². The molecule has 168 valence electrons. The molecular weight excluding hydrogens is 466 g/mol. The number of ketones is 1. The first-order valence-corrected chi connectivity index (χ1v) is 11.1. The molecule has 1 aromatic rings. The third-order valence-electron chi connectivity index (χ3n) is 5.47. The molecule has 3 rings (SSSR count). The summed E-state index contributed by atoms with van der Waals surface area (Å²) >= 11 is 3.61. The lowest BCUT2D eigenvalue weighted by molar-refractivity contribution is -0.140. The molecule has 0 amide bonds. The van der Waals surface area contributed by atoms with Gasteiger partial charge in [0.2, 0.25) is 0 Å². The highest BCUT2D eigenvalue weighted by molar-refractivity contribution is 9.10. The molecule has 0 bridgehead atoms. The second kappa shape index (κ2) is 10.3. The van der Waals surface area contributed by atoms with E-state index in [9.17, 15) is 9.59 Å². The second-order valence-corrected chi connectivity index (χ2v) is 8.18. The molecule has 0 unspecified atom stereocenters. The van der Waals surface area contributed by atoms with Crippen molar-refractivity contribution in [2.75, 3.05) is 34.0 Å². The van der Waals surface area contributed by atoms with Crippen LogP contribution in [-0.2, 0) is 19.1 Å². The van der Waals surface area contributed by atoms with Crippen LogP contribution in [0.5, 0.6) is 11.5 Å². The summed E-state index contributed by atoms with van der Waals surface area (Å²) in [5.74, 6) is 0.0656. The van der Waals surface area contributed by atoms with Crippen molar-refractivity contribution in [1.82, 2.24) is 5.32 Å². The average Bonchev–Trinajstić information content (AvgIpc) is 2.75. The van der Waals surface area contributed by atoms with Crippen LogP contribution in [-0.4, -0.2) is 45.8 Å². The van der Waals surface area contributed by atoms with Gasteiger partial charge in [-0.1, -0.05) is 15.9 Å². The predicted molar refractivity (Wildman–Crippen MR) is 119 cm³/mol. The lowest BCUT2D eigenvalue weighted by Crippen LogP contribution is -2.34. The molecule has 7 nitrogen and oxygen atoms in total. The molecule has 1 aliphatic heterocycles. The van der Waals surface area contributed by atoms with Crippen molar-refractivity contribution in [1.29, 1.82) is 0 Å². The Morgan fingerprint density at radius 3 is 2.55 bits per heavy atom. The summed E-state index contributed by atoms with van der Waals surface area (Å²) in [6.07, 6.45) is 1.99. The van der Waals surface area contributed by atoms with Crippen molar-refractivity contribution in [2.45, 2.75) is 39.0 Å². The predicted octanol–water partition coefficient (Wildman–Crippen LogP) is 4.01. The maximum atomic E-state index is 13.1. The van der Waals surface area contributed by atoms with E-state index in [1.54, 1.807) is 20.3 Å². The van der Waals surface area contributed by atoms with Crippen molar-refractivity contribution >= 4 is 27.7 Å². The van der Waals surface area contributed by atoms with Gasteiger partial charge in [-0.15, -0.1) is 0 Å². The van der Waals surface area contributed by atoms with Gasteiger partial charge in [-0.2, -0.15) is 0 Å². The van der Waals surface area contributed by atoms with Crippen molar-refractivity contribution < 1.29 is 28.5 Å². The molecule has 0 aromatic heterocycles. The standard InChI is InChI=1S/C23H28BrNO6/c1-5-30-9-10-31-23(27)20-13(2)25-16-7-6-8-17(26)22(16)21(20)14-11-18(28-3)19(29-4)12-15(14)24/h11-12,21,25H,5-10H2,1-4H3/t21-/m0/s1. The van der Waals surface area contributed by atoms with E-state index in [-0.39, 0.29) is 12.4 Å². The first-order chi connectivity index (χ1) is 14.9. The Kier molecular flexibility index (Phi) is 7.78. The van der Waals surface area contributed by atoms with Gasteiger partial charge in [0, 0.05) is 40.4 Å². The zero-order valence-corrected chi connectivity index (χ0v) is 19.9. The number of carbonyl (C=O) groups excluding carboxylic acids is 2. The number of allylic oxidation sites excluding steroid dienone is 3. The minimum absolute atomic E-state index is 0.0348. The molecule has 1 aliphatic carbocycles. The first-order valence-electron chi connectivity index (χ1n) is 10.3. The monoisotopic (exact) mass is 493 g/mol. The van der Waals surface area contributed by atoms with Gasteiger partial charge in [-0.25, -0.2) is 4.79 Å². The summed E-state index contributed by atoms with van der Waals surface area (Å²) in [4.78, 5) is 26.2. The Morgan fingerprint density at radius 1 is 1.16 bits per heavy atom. The summed E-state index contributed by atoms with van der Waals surface area (Å²) in [6, 6.07) is 3.60. The van der Waals surface area contributed by atoms with E-state index < -0.39 is 11.9 Å². The van der Waals surface area contributed by atoms with Crippen LogP contribution in [0, 0.1) is 0 Å². The van der Waals surface area contributed by atoms with Gasteiger partial charge in [0.05, 0.1) is 26.4 Å². The molecule has 2 aliphatic rings. The van der Waals surface area contributed by atoms with E-state index in [2.05, 4.69) is 21.2 Å². The van der Waals surface area contributed by atoms with Crippen LogP contribution in [0.15, 0.2) is 39.1 Å². The number of ether oxygens (including phenoxy) is 4. The minimum atomic E-state index is -0.571. The molecule has 8 heteroatoms. The topological polar surface area (TPSA) is 83.1 Å². The Balaban J connectivity index is 2.10. The molecule has 0 saturated carbocycles. The maximum absolute atomic E-state index is 13.1. The summed E-state index contributed by atoms with van der Waals surface area (Å²) in [5.41, 5.74) is 3.32. The number of rotatable bonds is 8. The third-order valence-corrected chi connectivity index (χ3v) is 6.16. The number of nitrogens with one attached hydrogen (secondary N) is 1. The fraction of sp³-hybridized carbons (Fsp3) is 0.478. The van der Waals surface area contributed by atoms with Crippen molar-refractivity contribution in [2.24, 2.45) is 0 Å². The number of esters is 1. The zero-order valence-electron chi connectivity index (χ0n) is 18.3. The summed E-state index contributed by atoms with van der Waals surface area (Å²) in [5, 5.41) is 3.29. The molecule has 0 spiro atoms. The van der Waals surface area contributed by atoms with Crippen molar-refractivity contribution in [3.05, 3.63) is 44.7 Å². The lowest BCUT2D eigenvalue weighted by Gasteiger charge is -2.34. The quantitative estimate of drug-likeness (QED) is 0.432. The molecule has 1 atom stereocenters. The molecular formula is C23H28BrNO6. The molecule has 1 N–H and O–H groups in total. The fourth-order valence-electron chi connectivity index (χ4n) is 4.07. The zero-order chi connectivity index (χ0) is 22.5. The fourth-order valence-corrected chi connectivity index (χ4v) is 4.62. The molecule has 1 aromatic carbocycles. The Bertz CT molecular complexity index is 936. The van der Waals surface area contributed by atoms with Crippen LogP contribution in [0.1, 0.15) is 44.6 Å². The highest BCUT2D eigenvalue weighted by Crippen LogP contribution is 2.47. The van der Waals surface area contributed by atoms with Gasteiger partial charge >= 0.3 is 5.97 Å². The van der Waals surface area contributed by atoms with Crippen LogP contribution in [0.3, 0.4) is 0 Å². The van der Waals surface area contributed by atoms with Crippen LogP contribution < -0.4 is 14.8 Å². The number of hydrogen-bond acceptors (Lipinski definition) is 7. The SMILES string of the molecule is CCOCCOC(=O)C1=C(C)NC2=C(C(=O)CCC2)[C@H]1c1cc(OC)c(OC)cc1Br. The highest BCUT2D eigenvalue weighted by atomic mass is 79.9. The molecule has 0 fully saturated rings. The van der Waals surface area contributed by atoms with E-state index in [0.29, 0.717) is 48.0 Å². The van der Waals surface area contributed by atoms with Crippen LogP contribution in [0.25, 0.3) is 0 Å². The van der Waals surface area contributed by atoms with Gasteiger partial charge in [-0.3, -0.25) is 4.79 Å². The molecule has 1 heterocycles. The van der Waals surface area contributed by atoms with Gasteiger partial charge in [0.25, 0.3) is 0 Å². The average molecular weight is 494 g/mol. The number of hydrogen-bond donors (Lipinski definition) is 1. The summed E-state index contributed by atoms with van der Waals surface area (Å²) in [6.45, 7) is 4.73. The van der Waals surface area contributed by atoms with Crippen LogP contribution in [0.2, 0.25) is 0 Å². The molecule has 0 radical (unpaired) electrons. The number of Topliss-reactive ketones (excluding diaryl/α,β-unsaturated/α-hetero) is 1. The number of methoxy groups -OCH3 is 2. The normalized spacial score (nSPS) is 18.5. The molecule has 31 heavy (non-hydrogen) atoms. The van der Waals surface area contributed by atoms with E-state index >= 15 is 0 Å². The Labute approximate surface area is 190 Å². The second-order valence-electron chi connectivity index (χ2n) is 7.33. The van der Waals surface area contributed by atoms with Crippen molar-refractivity contribution in [3.63, 3.8) is 0 Å². The van der Waals surface area contributed by atoms with E-state index in [1.165, 1.54) is 0 Å². The third kappa shape index (κ3) is 4.80. The lowest BCUT2D eigenvalue weighted by atomic mass is 9.75. The van der Waals surface area contributed by atoms with Gasteiger partial charge in [0.1, 0.15) is 6.61 Å². The number of dihydropyridines is 1. The summed E-state index contributed by atoms with van der Waals surface area (Å²) in [7, 11) is 3.11. The summed E-state index contributed by atoms with van der Waals surface area (Å²) < 4.78 is 22.4. The number of carbonyl (C=O) groups is 2. The van der Waals surface area contributed by atoms with Crippen molar-refractivity contribution in [3.8, 4) is 11.5 Å². The maximum Gasteiger partial charge on any atom is 0.336 e. The Morgan fingerprint density at radius 2 is 1.87 bits per heavy atom. The van der Waals surface area contributed by atoms with E-state index in [0.717, 1.165) is 28.6 Å². The van der Waals surface area contributed by atoms with Gasteiger partial charge < -0.3 is 24.3 Å². The minimum Gasteiger partial charge on any atom is -0.493 e. The highest BCUT2D eigenvalue weighted by Gasteiger charge is 2.40. The van der Waals surface area contributed by atoms with Crippen LogP contribution in [0.4, 0.5) is 0 Å². The van der Waals surface area contributed by atoms with Gasteiger partial charge in [0.15, 0.2) is 17.3 Å². The van der Waals surface area contributed by atoms with E-state index in [1.807, 2.05) is 19.9 Å². The van der Waals surface area contributed by atoms with E-state index in [4.69, 9.17) is 18.9 Å². The Hall–Kier alpha value is -2.32. The largest absolute Gasteiger partial charge is 0.493 e. The smallest absolute Gasteiger partial charge is 0.336 e.